The zero-order valence-corrected chi connectivity index (χ0v) is 17.7. The number of aromatic nitrogens is 1. The highest BCUT2D eigenvalue weighted by atomic mass is 32.2. The van der Waals surface area contributed by atoms with Gasteiger partial charge in [0.25, 0.3) is 0 Å². The molecule has 0 aliphatic carbocycles. The van der Waals surface area contributed by atoms with Gasteiger partial charge in [0.2, 0.25) is 10.0 Å². The minimum atomic E-state index is -3.28. The van der Waals surface area contributed by atoms with E-state index in [0.29, 0.717) is 13.0 Å². The first-order chi connectivity index (χ1) is 13.4. The molecule has 1 atom stereocenters. The van der Waals surface area contributed by atoms with Gasteiger partial charge in [-0.15, -0.1) is 11.3 Å². The molecule has 0 fully saturated rings. The molecule has 0 radical (unpaired) electrons. The van der Waals surface area contributed by atoms with Crippen molar-refractivity contribution in [3.63, 3.8) is 0 Å². The molecule has 0 N–H and O–H groups in total. The van der Waals surface area contributed by atoms with Gasteiger partial charge in [0.1, 0.15) is 10.8 Å². The molecule has 4 rings (SSSR count). The minimum Gasteiger partial charge on any atom is -0.494 e. The molecular formula is C21H22N2O3S2. The lowest BCUT2D eigenvalue weighted by Crippen LogP contribution is -2.34. The third-order valence-corrected chi connectivity index (χ3v) is 6.94. The number of sulfonamides is 1. The standard InChI is InChI=1S/C21H22N2O3S2/c1-4-26-18-7-5-6-16(12-18)21-22-19(13-27-21)15-8-9-20-17(11-15)10-14(2)23(20)28(3,24)25/h5-9,11-14H,4,10H2,1-3H3/t14-/m1/s1. The molecule has 7 heteroatoms. The quantitative estimate of drug-likeness (QED) is 0.613. The number of hydrogen-bond acceptors (Lipinski definition) is 5. The van der Waals surface area contributed by atoms with Gasteiger partial charge in [-0.05, 0) is 50.1 Å². The Hall–Kier alpha value is -2.38. The van der Waals surface area contributed by atoms with Crippen LogP contribution in [0.4, 0.5) is 5.69 Å². The third kappa shape index (κ3) is 3.52. The molecule has 1 aromatic heterocycles. The largest absolute Gasteiger partial charge is 0.494 e. The van der Waals surface area contributed by atoms with Crippen LogP contribution in [0.1, 0.15) is 19.4 Å². The highest BCUT2D eigenvalue weighted by Gasteiger charge is 2.32. The van der Waals surface area contributed by atoms with Crippen LogP contribution >= 0.6 is 11.3 Å². The van der Waals surface area contributed by atoms with Gasteiger partial charge in [-0.1, -0.05) is 18.2 Å². The van der Waals surface area contributed by atoms with Crippen molar-refractivity contribution >= 4 is 27.0 Å². The van der Waals surface area contributed by atoms with Crippen LogP contribution in [0.3, 0.4) is 0 Å². The van der Waals surface area contributed by atoms with Gasteiger partial charge in [0.15, 0.2) is 0 Å². The Morgan fingerprint density at radius 2 is 2.04 bits per heavy atom. The predicted molar refractivity (Wildman–Crippen MR) is 115 cm³/mol. The van der Waals surface area contributed by atoms with Crippen LogP contribution in [-0.4, -0.2) is 32.3 Å². The van der Waals surface area contributed by atoms with Crippen LogP contribution in [0.2, 0.25) is 0 Å². The van der Waals surface area contributed by atoms with E-state index in [0.717, 1.165) is 38.8 Å². The van der Waals surface area contributed by atoms with E-state index in [2.05, 4.69) is 6.07 Å². The molecule has 0 amide bonds. The maximum Gasteiger partial charge on any atom is 0.232 e. The number of fused-ring (bicyclic) bond motifs is 1. The molecule has 0 spiro atoms. The Labute approximate surface area is 169 Å². The first kappa shape index (κ1) is 19.0. The summed E-state index contributed by atoms with van der Waals surface area (Å²) in [6.07, 6.45) is 1.97. The van der Waals surface area contributed by atoms with E-state index >= 15 is 0 Å². The van der Waals surface area contributed by atoms with Crippen molar-refractivity contribution in [2.45, 2.75) is 26.3 Å². The molecule has 0 saturated carbocycles. The van der Waals surface area contributed by atoms with E-state index in [1.165, 1.54) is 10.6 Å². The fourth-order valence-electron chi connectivity index (χ4n) is 3.69. The van der Waals surface area contributed by atoms with Crippen molar-refractivity contribution in [3.05, 3.63) is 53.4 Å². The molecule has 5 nitrogen and oxygen atoms in total. The number of thiazole rings is 1. The molecule has 1 aliphatic heterocycles. The monoisotopic (exact) mass is 414 g/mol. The van der Waals surface area contributed by atoms with Gasteiger partial charge < -0.3 is 4.74 Å². The SMILES string of the molecule is CCOc1cccc(-c2nc(-c3ccc4c(c3)C[C@@H](C)N4S(C)(=O)=O)cs2)c1. The molecule has 146 valence electrons. The van der Waals surface area contributed by atoms with E-state index in [1.807, 2.05) is 55.6 Å². The summed E-state index contributed by atoms with van der Waals surface area (Å²) in [5.74, 6) is 0.837. The van der Waals surface area contributed by atoms with Crippen molar-refractivity contribution < 1.29 is 13.2 Å². The molecule has 0 bridgehead atoms. The molecule has 0 unspecified atom stereocenters. The average Bonchev–Trinajstić information content (AvgIpc) is 3.25. The molecule has 28 heavy (non-hydrogen) atoms. The number of rotatable bonds is 5. The lowest BCUT2D eigenvalue weighted by Gasteiger charge is -2.21. The van der Waals surface area contributed by atoms with E-state index in [9.17, 15) is 8.42 Å². The van der Waals surface area contributed by atoms with Crippen molar-refractivity contribution in [1.29, 1.82) is 0 Å². The van der Waals surface area contributed by atoms with Crippen LogP contribution in [0.15, 0.2) is 47.8 Å². The average molecular weight is 415 g/mol. The van der Waals surface area contributed by atoms with E-state index in [4.69, 9.17) is 9.72 Å². The lowest BCUT2D eigenvalue weighted by atomic mass is 10.1. The van der Waals surface area contributed by atoms with Crippen molar-refractivity contribution in [3.8, 4) is 27.6 Å². The summed E-state index contributed by atoms with van der Waals surface area (Å²) in [5.41, 5.74) is 4.75. The molecule has 0 saturated heterocycles. The zero-order chi connectivity index (χ0) is 19.9. The van der Waals surface area contributed by atoms with Crippen LogP contribution in [0.5, 0.6) is 5.75 Å². The van der Waals surface area contributed by atoms with Crippen LogP contribution < -0.4 is 9.04 Å². The maximum absolute atomic E-state index is 12.1. The fourth-order valence-corrected chi connectivity index (χ4v) is 5.78. The third-order valence-electron chi connectivity index (χ3n) is 4.78. The Morgan fingerprint density at radius 3 is 2.79 bits per heavy atom. The Kier molecular flexibility index (Phi) is 4.89. The van der Waals surface area contributed by atoms with Crippen LogP contribution in [0, 0.1) is 0 Å². The summed E-state index contributed by atoms with van der Waals surface area (Å²) in [6, 6.07) is 13.8. The zero-order valence-electron chi connectivity index (χ0n) is 16.0. The summed E-state index contributed by atoms with van der Waals surface area (Å²) >= 11 is 1.59. The van der Waals surface area contributed by atoms with Crippen molar-refractivity contribution in [2.24, 2.45) is 0 Å². The number of benzene rings is 2. The van der Waals surface area contributed by atoms with Crippen LogP contribution in [-0.2, 0) is 16.4 Å². The predicted octanol–water partition coefficient (Wildman–Crippen LogP) is 4.59. The first-order valence-electron chi connectivity index (χ1n) is 9.18. The topological polar surface area (TPSA) is 59.5 Å². The molecule has 2 aromatic carbocycles. The smallest absolute Gasteiger partial charge is 0.232 e. The van der Waals surface area contributed by atoms with Gasteiger partial charge in [-0.2, -0.15) is 0 Å². The molecule has 2 heterocycles. The Balaban J connectivity index is 1.66. The lowest BCUT2D eigenvalue weighted by molar-refractivity contribution is 0.340. The molecular weight excluding hydrogens is 392 g/mol. The summed E-state index contributed by atoms with van der Waals surface area (Å²) in [7, 11) is -3.28. The normalized spacial score (nSPS) is 16.2. The van der Waals surface area contributed by atoms with Gasteiger partial charge in [-0.25, -0.2) is 13.4 Å². The fraction of sp³-hybridized carbons (Fsp3) is 0.286. The summed E-state index contributed by atoms with van der Waals surface area (Å²) in [4.78, 5) is 4.80. The second kappa shape index (κ2) is 7.22. The Bertz CT molecular complexity index is 1120. The molecule has 1 aliphatic rings. The maximum atomic E-state index is 12.1. The van der Waals surface area contributed by atoms with Gasteiger partial charge in [0.05, 0.1) is 24.2 Å². The number of nitrogens with zero attached hydrogens (tertiary/aromatic N) is 2. The Morgan fingerprint density at radius 1 is 1.21 bits per heavy atom. The highest BCUT2D eigenvalue weighted by molar-refractivity contribution is 7.92. The van der Waals surface area contributed by atoms with Crippen molar-refractivity contribution in [2.75, 3.05) is 17.2 Å². The minimum absolute atomic E-state index is 0.0625. The van der Waals surface area contributed by atoms with E-state index < -0.39 is 10.0 Å². The number of hydrogen-bond donors (Lipinski definition) is 0. The molecule has 3 aromatic rings. The first-order valence-corrected chi connectivity index (χ1v) is 11.9. The van der Waals surface area contributed by atoms with Gasteiger partial charge in [0, 0.05) is 22.5 Å². The van der Waals surface area contributed by atoms with Gasteiger partial charge in [-0.3, -0.25) is 4.31 Å². The second-order valence-electron chi connectivity index (χ2n) is 6.95. The summed E-state index contributed by atoms with van der Waals surface area (Å²) in [6.45, 7) is 4.53. The number of ether oxygens (including phenoxy) is 1. The van der Waals surface area contributed by atoms with Crippen molar-refractivity contribution in [1.82, 2.24) is 4.98 Å². The number of anilines is 1. The van der Waals surface area contributed by atoms with E-state index in [1.54, 1.807) is 11.3 Å². The van der Waals surface area contributed by atoms with Crippen LogP contribution in [0.25, 0.3) is 21.8 Å². The highest BCUT2D eigenvalue weighted by Crippen LogP contribution is 2.38. The summed E-state index contributed by atoms with van der Waals surface area (Å²) in [5, 5.41) is 2.97. The van der Waals surface area contributed by atoms with E-state index in [-0.39, 0.29) is 6.04 Å². The summed E-state index contributed by atoms with van der Waals surface area (Å²) < 4.78 is 31.3. The van der Waals surface area contributed by atoms with Gasteiger partial charge >= 0.3 is 0 Å². The second-order valence-corrected chi connectivity index (χ2v) is 9.67.